The van der Waals surface area contributed by atoms with E-state index in [4.69, 9.17) is 18.9 Å². The highest BCUT2D eigenvalue weighted by Crippen LogP contribution is 2.54. The van der Waals surface area contributed by atoms with Gasteiger partial charge in [-0.25, -0.2) is 0 Å². The lowest BCUT2D eigenvalue weighted by Crippen LogP contribution is -2.50. The van der Waals surface area contributed by atoms with Crippen LogP contribution in [0.1, 0.15) is 84.2 Å². The number of carbonyl (C=O) groups is 3. The molecule has 318 valence electrons. The van der Waals surface area contributed by atoms with E-state index in [1.807, 2.05) is 4.90 Å². The molecule has 2 aromatic carbocycles. The SMILES string of the molecule is COC1C=COC2(C)Oc3c(C)c(O)c4c(O)c(cc(N5CCCC5C(C)O)c4c3C2=O)NC(=O)C(C)=C/C=C/C(C)(O)C(O)C(C)C(O)C(C)C(OC(C)=O)C1C. The number of phenolic OH excluding ortho intramolecular Hbond substituents is 2. The molecule has 0 radical (unpaired) electrons. The number of fused-ring (bicyclic) bond motifs is 14. The van der Waals surface area contributed by atoms with Crippen LogP contribution < -0.4 is 15.0 Å². The van der Waals surface area contributed by atoms with Crippen LogP contribution in [-0.4, -0.2) is 110 Å². The van der Waals surface area contributed by atoms with Crippen LogP contribution in [0.2, 0.25) is 0 Å². The summed E-state index contributed by atoms with van der Waals surface area (Å²) in [6, 6.07) is 1.09. The van der Waals surface area contributed by atoms with E-state index in [9.17, 15) is 45.0 Å². The summed E-state index contributed by atoms with van der Waals surface area (Å²) < 4.78 is 23.8. The van der Waals surface area contributed by atoms with Crippen molar-refractivity contribution in [1.82, 2.24) is 0 Å². The number of anilines is 2. The summed E-state index contributed by atoms with van der Waals surface area (Å²) in [4.78, 5) is 42.5. The largest absolute Gasteiger partial charge is 0.507 e. The minimum Gasteiger partial charge on any atom is -0.507 e. The van der Waals surface area contributed by atoms with Gasteiger partial charge in [0.25, 0.3) is 11.7 Å². The normalized spacial score (nSPS) is 33.4. The Morgan fingerprint density at radius 2 is 1.72 bits per heavy atom. The molecule has 7 N–H and O–H groups in total. The molecule has 0 aliphatic carbocycles. The third-order valence-electron chi connectivity index (χ3n) is 12.0. The topological polar surface area (TPSA) is 225 Å². The van der Waals surface area contributed by atoms with Gasteiger partial charge in [-0.1, -0.05) is 39.0 Å². The number of benzene rings is 2. The molecule has 15 nitrogen and oxygen atoms in total. The molecule has 1 fully saturated rings. The monoisotopic (exact) mass is 810 g/mol. The van der Waals surface area contributed by atoms with Gasteiger partial charge in [-0.15, -0.1) is 0 Å². The Hall–Kier alpha value is -4.67. The average Bonchev–Trinajstić information content (AvgIpc) is 3.76. The van der Waals surface area contributed by atoms with Gasteiger partial charge in [0.15, 0.2) is 5.75 Å². The van der Waals surface area contributed by atoms with E-state index in [-0.39, 0.29) is 38.9 Å². The summed E-state index contributed by atoms with van der Waals surface area (Å²) in [5.41, 5.74) is -1.35. The molecule has 58 heavy (non-hydrogen) atoms. The van der Waals surface area contributed by atoms with Crippen molar-refractivity contribution in [2.75, 3.05) is 23.9 Å². The van der Waals surface area contributed by atoms with E-state index in [0.29, 0.717) is 25.1 Å². The number of allylic oxidation sites excluding steroid dienone is 2. The predicted octanol–water partition coefficient (Wildman–Crippen LogP) is 4.51. The maximum absolute atomic E-state index is 14.6. The zero-order valence-electron chi connectivity index (χ0n) is 34.8. The number of nitrogens with zero attached hydrogens (tertiary/aromatic N) is 1. The lowest BCUT2D eigenvalue weighted by molar-refractivity contribution is -0.162. The summed E-state index contributed by atoms with van der Waals surface area (Å²) in [5.74, 6) is -7.18. The van der Waals surface area contributed by atoms with Crippen LogP contribution in [0.3, 0.4) is 0 Å². The molecule has 0 spiro atoms. The quantitative estimate of drug-likeness (QED) is 0.167. The van der Waals surface area contributed by atoms with Crippen LogP contribution in [0.4, 0.5) is 11.4 Å². The third kappa shape index (κ3) is 8.15. The fourth-order valence-electron chi connectivity index (χ4n) is 8.50. The van der Waals surface area contributed by atoms with Crippen molar-refractivity contribution in [3.63, 3.8) is 0 Å². The maximum Gasteiger partial charge on any atom is 0.312 e. The van der Waals surface area contributed by atoms with E-state index in [1.165, 1.54) is 78.4 Å². The number of amides is 1. The number of Topliss-reactive ketones (excluding diaryl/α,β-unsaturated/α-hetero) is 1. The Balaban J connectivity index is 1.73. The van der Waals surface area contributed by atoms with Gasteiger partial charge in [-0.3, -0.25) is 14.4 Å². The molecule has 11 unspecified atom stereocenters. The minimum absolute atomic E-state index is 0.0220. The van der Waals surface area contributed by atoms with E-state index in [2.05, 4.69) is 5.32 Å². The molecule has 6 rings (SSSR count). The lowest BCUT2D eigenvalue weighted by Gasteiger charge is -2.39. The van der Waals surface area contributed by atoms with Gasteiger partial charge in [0.2, 0.25) is 0 Å². The molecule has 11 atom stereocenters. The predicted molar refractivity (Wildman–Crippen MR) is 216 cm³/mol. The van der Waals surface area contributed by atoms with Gasteiger partial charge in [-0.05, 0) is 52.7 Å². The highest BCUT2D eigenvalue weighted by atomic mass is 16.7. The van der Waals surface area contributed by atoms with Crippen LogP contribution in [0, 0.1) is 24.7 Å². The Morgan fingerprint density at radius 3 is 2.34 bits per heavy atom. The van der Waals surface area contributed by atoms with Crippen molar-refractivity contribution >= 4 is 39.8 Å². The average molecular weight is 811 g/mol. The van der Waals surface area contributed by atoms with E-state index in [1.54, 1.807) is 27.7 Å². The molecule has 4 heterocycles. The zero-order chi connectivity index (χ0) is 43.2. The molecule has 15 heteroatoms. The third-order valence-corrected chi connectivity index (χ3v) is 12.0. The number of esters is 1. The molecule has 5 bridgehead atoms. The summed E-state index contributed by atoms with van der Waals surface area (Å²) in [5, 5.41) is 71.3. The number of phenols is 2. The molecule has 4 aliphatic rings. The van der Waals surface area contributed by atoms with Crippen LogP contribution >= 0.6 is 0 Å². The fourth-order valence-corrected chi connectivity index (χ4v) is 8.50. The summed E-state index contributed by atoms with van der Waals surface area (Å²) >= 11 is 0. The molecule has 4 aliphatic heterocycles. The zero-order valence-corrected chi connectivity index (χ0v) is 34.8. The van der Waals surface area contributed by atoms with Crippen molar-refractivity contribution in [3.8, 4) is 17.2 Å². The van der Waals surface area contributed by atoms with Crippen molar-refractivity contribution in [1.29, 1.82) is 0 Å². The number of aliphatic hydroxyl groups excluding tert-OH is 3. The van der Waals surface area contributed by atoms with Crippen LogP contribution in [0.5, 0.6) is 17.2 Å². The molecule has 1 saturated heterocycles. The van der Waals surface area contributed by atoms with Crippen molar-refractivity contribution < 1.29 is 64.0 Å². The summed E-state index contributed by atoms with van der Waals surface area (Å²) in [6.07, 6.45) is 2.66. The Labute approximate surface area is 338 Å². The first-order valence-corrected chi connectivity index (χ1v) is 19.6. The van der Waals surface area contributed by atoms with Gasteiger partial charge in [-0.2, -0.15) is 0 Å². The van der Waals surface area contributed by atoms with E-state index >= 15 is 0 Å². The van der Waals surface area contributed by atoms with Crippen LogP contribution in [0.25, 0.3) is 10.8 Å². The van der Waals surface area contributed by atoms with Crippen molar-refractivity contribution in [2.45, 2.75) is 123 Å². The van der Waals surface area contributed by atoms with Gasteiger partial charge in [0, 0.05) is 67.5 Å². The lowest BCUT2D eigenvalue weighted by atomic mass is 9.77. The number of nitrogens with one attached hydrogen (secondary N) is 1. The Morgan fingerprint density at radius 1 is 1.05 bits per heavy atom. The number of hydrogen-bond donors (Lipinski definition) is 7. The molecule has 0 saturated carbocycles. The smallest absolute Gasteiger partial charge is 0.312 e. The first-order chi connectivity index (χ1) is 27.1. The number of carbonyl (C=O) groups excluding carboxylic acids is 3. The molecule has 2 aromatic rings. The highest BCUT2D eigenvalue weighted by molar-refractivity contribution is 6.23. The van der Waals surface area contributed by atoms with Gasteiger partial charge < -0.3 is 59.8 Å². The second-order valence-corrected chi connectivity index (χ2v) is 16.4. The van der Waals surface area contributed by atoms with Crippen LogP contribution in [0.15, 0.2) is 42.2 Å². The number of aromatic hydroxyl groups is 2. The van der Waals surface area contributed by atoms with E-state index < -0.39 is 94.9 Å². The Kier molecular flexibility index (Phi) is 12.9. The summed E-state index contributed by atoms with van der Waals surface area (Å²) in [6.45, 7) is 14.0. The highest BCUT2D eigenvalue weighted by Gasteiger charge is 2.50. The second-order valence-electron chi connectivity index (χ2n) is 16.4. The Bertz CT molecular complexity index is 2020. The number of ketones is 1. The van der Waals surface area contributed by atoms with Gasteiger partial charge in [0.1, 0.15) is 23.2 Å². The fraction of sp³-hybridized carbons (Fsp3) is 0.558. The summed E-state index contributed by atoms with van der Waals surface area (Å²) in [7, 11) is 1.43. The molecule has 0 aromatic heterocycles. The number of aliphatic hydroxyl groups is 4. The van der Waals surface area contributed by atoms with E-state index in [0.717, 1.165) is 0 Å². The number of ether oxygens (including phenoxy) is 4. The standard InChI is InChI=1S/C43H58N2O13/c1-20-13-11-16-42(8,54)39(51)24(5)34(48)22(3)37(57-26(7)47)21(2)30(55-10)15-18-56-43(9)40(52)33-31-29(45-17-12-14-28(45)25(6)46)19-27(44-41(20)53)36(50)32(31)35(49)23(4)38(33)58-43/h11,13,15-16,18-19,21-22,24-25,28,30,34,37,39,46,48-51,54H,12,14,17H2,1-10H3,(H,44,53)/b16-11+,18-15?,20-13?. The van der Waals surface area contributed by atoms with Crippen molar-refractivity contribution in [2.24, 2.45) is 17.8 Å². The first-order valence-electron chi connectivity index (χ1n) is 19.6. The first kappa shape index (κ1) is 44.4. The van der Waals surface area contributed by atoms with Gasteiger partial charge in [0.05, 0.1) is 53.4 Å². The molecule has 1 amide bonds. The van der Waals surface area contributed by atoms with Crippen LogP contribution in [-0.2, 0) is 23.8 Å². The second kappa shape index (κ2) is 16.9. The maximum atomic E-state index is 14.6. The molecular formula is C43H58N2O13. The van der Waals surface area contributed by atoms with Gasteiger partial charge >= 0.3 is 11.8 Å². The number of methoxy groups -OCH3 is 1. The number of rotatable bonds is 4. The van der Waals surface area contributed by atoms with Crippen molar-refractivity contribution in [3.05, 3.63) is 53.3 Å². The minimum atomic E-state index is -1.98. The number of hydrogen-bond acceptors (Lipinski definition) is 14. The molecular weight excluding hydrogens is 752 g/mol.